The summed E-state index contributed by atoms with van der Waals surface area (Å²) in [5.41, 5.74) is 2.52. The Labute approximate surface area is 220 Å². The molecule has 2 unspecified atom stereocenters. The van der Waals surface area contributed by atoms with Crippen molar-refractivity contribution in [2.45, 2.75) is 51.0 Å². The molecule has 9 heteroatoms. The normalized spacial score (nSPS) is 19.9. The molecular formula is C28H37N3O5S. The van der Waals surface area contributed by atoms with Gasteiger partial charge in [0.1, 0.15) is 12.0 Å². The third kappa shape index (κ3) is 5.99. The van der Waals surface area contributed by atoms with Gasteiger partial charge in [-0.1, -0.05) is 19.9 Å². The third-order valence-electron chi connectivity index (χ3n) is 7.01. The Kier molecular flexibility index (Phi) is 8.23. The van der Waals surface area contributed by atoms with Crippen LogP contribution < -0.4 is 15.0 Å². The van der Waals surface area contributed by atoms with Crippen molar-refractivity contribution < 1.29 is 22.7 Å². The SMILES string of the molecule is CC(C)CNC(=O)c1ccc2c(c1)N(CC=O)CC2C1CCN(S(=O)(=O)c2ccc(OC(C)C)cc2)C1. The highest BCUT2D eigenvalue weighted by molar-refractivity contribution is 7.89. The van der Waals surface area contributed by atoms with Gasteiger partial charge >= 0.3 is 0 Å². The van der Waals surface area contributed by atoms with Crippen LogP contribution in [-0.2, 0) is 14.8 Å². The monoisotopic (exact) mass is 527 g/mol. The van der Waals surface area contributed by atoms with Gasteiger partial charge in [-0.2, -0.15) is 4.31 Å². The summed E-state index contributed by atoms with van der Waals surface area (Å²) in [5.74, 6) is 1.07. The number of hydrogen-bond donors (Lipinski definition) is 1. The Hall–Kier alpha value is -2.91. The van der Waals surface area contributed by atoms with Crippen LogP contribution in [0.4, 0.5) is 5.69 Å². The first-order chi connectivity index (χ1) is 17.6. The predicted molar refractivity (Wildman–Crippen MR) is 144 cm³/mol. The smallest absolute Gasteiger partial charge is 0.251 e. The molecule has 2 aromatic carbocycles. The number of carbonyl (C=O) groups excluding carboxylic acids is 2. The fraction of sp³-hybridized carbons (Fsp3) is 0.500. The highest BCUT2D eigenvalue weighted by Crippen LogP contribution is 2.44. The molecule has 2 heterocycles. The van der Waals surface area contributed by atoms with E-state index >= 15 is 0 Å². The quantitative estimate of drug-likeness (QED) is 0.474. The van der Waals surface area contributed by atoms with Crippen molar-refractivity contribution in [3.05, 3.63) is 53.6 Å². The number of aldehydes is 1. The Balaban J connectivity index is 1.50. The largest absolute Gasteiger partial charge is 0.491 e. The predicted octanol–water partition coefficient (Wildman–Crippen LogP) is 3.67. The van der Waals surface area contributed by atoms with Crippen molar-refractivity contribution in [2.24, 2.45) is 11.8 Å². The summed E-state index contributed by atoms with van der Waals surface area (Å²) >= 11 is 0. The van der Waals surface area contributed by atoms with Gasteiger partial charge in [0.15, 0.2) is 0 Å². The first-order valence-electron chi connectivity index (χ1n) is 13.0. The number of amides is 1. The lowest BCUT2D eigenvalue weighted by Gasteiger charge is -2.21. The van der Waals surface area contributed by atoms with Gasteiger partial charge in [-0.15, -0.1) is 0 Å². The molecule has 0 radical (unpaired) electrons. The zero-order valence-corrected chi connectivity index (χ0v) is 22.8. The van der Waals surface area contributed by atoms with E-state index in [2.05, 4.69) is 5.32 Å². The summed E-state index contributed by atoms with van der Waals surface area (Å²) in [4.78, 5) is 26.3. The zero-order valence-electron chi connectivity index (χ0n) is 22.0. The number of nitrogens with one attached hydrogen (secondary N) is 1. The number of hydrogen-bond acceptors (Lipinski definition) is 6. The number of anilines is 1. The molecule has 4 rings (SSSR count). The lowest BCUT2D eigenvalue weighted by atomic mass is 9.86. The molecule has 2 aliphatic rings. The maximum Gasteiger partial charge on any atom is 0.251 e. The van der Waals surface area contributed by atoms with Crippen molar-refractivity contribution in [1.82, 2.24) is 9.62 Å². The second kappa shape index (κ2) is 11.2. The molecule has 200 valence electrons. The second-order valence-corrected chi connectivity index (χ2v) is 12.5. The molecule has 37 heavy (non-hydrogen) atoms. The van der Waals surface area contributed by atoms with E-state index < -0.39 is 10.0 Å². The van der Waals surface area contributed by atoms with E-state index in [1.165, 1.54) is 0 Å². The lowest BCUT2D eigenvalue weighted by molar-refractivity contribution is -0.106. The van der Waals surface area contributed by atoms with Crippen LogP contribution in [0, 0.1) is 11.8 Å². The average Bonchev–Trinajstić information content (AvgIpc) is 3.48. The van der Waals surface area contributed by atoms with Crippen molar-refractivity contribution in [1.29, 1.82) is 0 Å². The number of carbonyl (C=O) groups is 2. The van der Waals surface area contributed by atoms with Gasteiger partial charge in [0.25, 0.3) is 5.91 Å². The van der Waals surface area contributed by atoms with Crippen molar-refractivity contribution in [3.63, 3.8) is 0 Å². The van der Waals surface area contributed by atoms with Crippen LogP contribution in [0.1, 0.15) is 56.0 Å². The number of nitrogens with zero attached hydrogens (tertiary/aromatic N) is 2. The van der Waals surface area contributed by atoms with E-state index in [0.717, 1.165) is 24.0 Å². The Bertz CT molecular complexity index is 1230. The fourth-order valence-electron chi connectivity index (χ4n) is 5.18. The number of sulfonamides is 1. The van der Waals surface area contributed by atoms with Gasteiger partial charge < -0.3 is 19.7 Å². The van der Waals surface area contributed by atoms with Gasteiger partial charge in [-0.05, 0) is 74.1 Å². The Morgan fingerprint density at radius 3 is 2.49 bits per heavy atom. The van der Waals surface area contributed by atoms with Crippen LogP contribution in [-0.4, -0.2) is 63.7 Å². The van der Waals surface area contributed by atoms with Crippen LogP contribution in [0.15, 0.2) is 47.4 Å². The summed E-state index contributed by atoms with van der Waals surface area (Å²) in [5, 5.41) is 2.95. The molecule has 1 N–H and O–H groups in total. The molecule has 1 saturated heterocycles. The minimum absolute atomic E-state index is 0.0142. The zero-order chi connectivity index (χ0) is 26.7. The Morgan fingerprint density at radius 2 is 1.84 bits per heavy atom. The topological polar surface area (TPSA) is 96.0 Å². The minimum Gasteiger partial charge on any atom is -0.491 e. The lowest BCUT2D eigenvalue weighted by Crippen LogP contribution is -2.31. The van der Waals surface area contributed by atoms with E-state index in [4.69, 9.17) is 4.74 Å². The van der Waals surface area contributed by atoms with Gasteiger partial charge in [-0.3, -0.25) is 4.79 Å². The molecule has 2 aromatic rings. The van der Waals surface area contributed by atoms with Crippen LogP contribution in [0.3, 0.4) is 0 Å². The van der Waals surface area contributed by atoms with E-state index in [9.17, 15) is 18.0 Å². The maximum absolute atomic E-state index is 13.4. The Morgan fingerprint density at radius 1 is 1.11 bits per heavy atom. The molecule has 2 atom stereocenters. The molecule has 2 aliphatic heterocycles. The molecule has 1 amide bonds. The van der Waals surface area contributed by atoms with E-state index in [1.54, 1.807) is 28.6 Å². The molecule has 8 nitrogen and oxygen atoms in total. The maximum atomic E-state index is 13.4. The minimum atomic E-state index is -3.62. The molecule has 0 bridgehead atoms. The fourth-order valence-corrected chi connectivity index (χ4v) is 6.69. The van der Waals surface area contributed by atoms with Gasteiger partial charge in [-0.25, -0.2) is 8.42 Å². The van der Waals surface area contributed by atoms with Gasteiger partial charge in [0, 0.05) is 43.3 Å². The number of rotatable bonds is 10. The molecular weight excluding hydrogens is 490 g/mol. The first-order valence-corrected chi connectivity index (χ1v) is 14.4. The van der Waals surface area contributed by atoms with Crippen molar-refractivity contribution in [3.8, 4) is 5.75 Å². The van der Waals surface area contributed by atoms with Crippen LogP contribution in [0.5, 0.6) is 5.75 Å². The summed E-state index contributed by atoms with van der Waals surface area (Å²) in [6, 6.07) is 12.3. The van der Waals surface area contributed by atoms with Gasteiger partial charge in [0.2, 0.25) is 10.0 Å². The highest BCUT2D eigenvalue weighted by atomic mass is 32.2. The van der Waals surface area contributed by atoms with E-state index in [-0.39, 0.29) is 35.3 Å². The molecule has 0 spiro atoms. The van der Waals surface area contributed by atoms with Crippen LogP contribution in [0.25, 0.3) is 0 Å². The summed E-state index contributed by atoms with van der Waals surface area (Å²) in [7, 11) is -3.62. The summed E-state index contributed by atoms with van der Waals surface area (Å²) in [6.45, 7) is 10.3. The van der Waals surface area contributed by atoms with Crippen LogP contribution in [0.2, 0.25) is 0 Å². The van der Waals surface area contributed by atoms with Crippen LogP contribution >= 0.6 is 0 Å². The third-order valence-corrected chi connectivity index (χ3v) is 8.88. The summed E-state index contributed by atoms with van der Waals surface area (Å²) in [6.07, 6.45) is 1.62. The van der Waals surface area contributed by atoms with Crippen molar-refractivity contribution >= 4 is 27.9 Å². The van der Waals surface area contributed by atoms with E-state index in [0.29, 0.717) is 43.4 Å². The van der Waals surface area contributed by atoms with Crippen molar-refractivity contribution in [2.75, 3.05) is 37.6 Å². The molecule has 0 saturated carbocycles. The van der Waals surface area contributed by atoms with Gasteiger partial charge in [0.05, 0.1) is 17.5 Å². The van der Waals surface area contributed by atoms with E-state index in [1.807, 2.05) is 50.8 Å². The number of ether oxygens (including phenoxy) is 1. The molecule has 1 fully saturated rings. The average molecular weight is 528 g/mol. The number of benzene rings is 2. The molecule has 0 aliphatic carbocycles. The second-order valence-electron chi connectivity index (χ2n) is 10.6. The summed E-state index contributed by atoms with van der Waals surface area (Å²) < 4.78 is 33.9. The standard InChI is InChI=1S/C28H37N3O5S/c1-19(2)16-29-28(33)21-5-10-25-26(18-30(13-14-32)27(25)15-21)22-11-12-31(17-22)37(34,35)24-8-6-23(7-9-24)36-20(3)4/h5-10,14-15,19-20,22,26H,11-13,16-18H2,1-4H3,(H,29,33). The highest BCUT2D eigenvalue weighted by Gasteiger charge is 2.41. The molecule has 0 aromatic heterocycles. The first kappa shape index (κ1) is 27.1. The number of fused-ring (bicyclic) bond motifs is 1.